The van der Waals surface area contributed by atoms with E-state index in [0.29, 0.717) is 19.0 Å². The molecule has 0 radical (unpaired) electrons. The molecule has 0 bridgehead atoms. The lowest BCUT2D eigenvalue weighted by Crippen LogP contribution is -2.28. The van der Waals surface area contributed by atoms with Crippen LogP contribution < -0.4 is 10.6 Å². The molecule has 100 valence electrons. The molecule has 6 heteroatoms. The van der Waals surface area contributed by atoms with E-state index in [9.17, 15) is 4.79 Å². The van der Waals surface area contributed by atoms with Crippen LogP contribution in [0, 0.1) is 0 Å². The van der Waals surface area contributed by atoms with Gasteiger partial charge in [-0.2, -0.15) is 0 Å². The average Bonchev–Trinajstić information content (AvgIpc) is 3.16. The second-order valence-electron chi connectivity index (χ2n) is 4.80. The van der Waals surface area contributed by atoms with Crippen molar-refractivity contribution in [1.82, 2.24) is 25.2 Å². The normalized spacial score (nSPS) is 14.7. The first-order valence-electron chi connectivity index (χ1n) is 6.61. The first-order chi connectivity index (χ1) is 9.33. The summed E-state index contributed by atoms with van der Waals surface area (Å²) in [4.78, 5) is 11.7. The molecule has 1 fully saturated rings. The second kappa shape index (κ2) is 5.36. The third kappa shape index (κ3) is 3.08. The SMILES string of the molecule is O=C(CCNC1CC1)NCc1nnc2ccccn12. The predicted molar refractivity (Wildman–Crippen MR) is 70.5 cm³/mol. The molecule has 1 aliphatic rings. The molecule has 1 amide bonds. The maximum Gasteiger partial charge on any atom is 0.221 e. The minimum Gasteiger partial charge on any atom is -0.349 e. The molecule has 1 saturated carbocycles. The summed E-state index contributed by atoms with van der Waals surface area (Å²) in [6.45, 7) is 1.16. The Labute approximate surface area is 111 Å². The van der Waals surface area contributed by atoms with Crippen molar-refractivity contribution in [3.05, 3.63) is 30.2 Å². The Hall–Kier alpha value is -1.95. The van der Waals surface area contributed by atoms with Crippen LogP contribution in [0.5, 0.6) is 0 Å². The predicted octanol–water partition coefficient (Wildman–Crippen LogP) is 0.488. The number of pyridine rings is 1. The van der Waals surface area contributed by atoms with Gasteiger partial charge >= 0.3 is 0 Å². The van der Waals surface area contributed by atoms with E-state index in [1.165, 1.54) is 12.8 Å². The average molecular weight is 259 g/mol. The number of rotatable bonds is 6. The molecule has 2 aromatic heterocycles. The van der Waals surface area contributed by atoms with Crippen molar-refractivity contribution >= 4 is 11.6 Å². The Morgan fingerprint density at radius 3 is 3.11 bits per heavy atom. The van der Waals surface area contributed by atoms with E-state index in [1.54, 1.807) is 0 Å². The van der Waals surface area contributed by atoms with E-state index >= 15 is 0 Å². The van der Waals surface area contributed by atoms with Crippen LogP contribution in [0.25, 0.3) is 5.65 Å². The van der Waals surface area contributed by atoms with Crippen LogP contribution in [0.2, 0.25) is 0 Å². The molecule has 0 saturated heterocycles. The van der Waals surface area contributed by atoms with Crippen LogP contribution in [-0.4, -0.2) is 33.1 Å². The molecule has 0 atom stereocenters. The fourth-order valence-corrected chi connectivity index (χ4v) is 1.95. The van der Waals surface area contributed by atoms with E-state index < -0.39 is 0 Å². The van der Waals surface area contributed by atoms with Gasteiger partial charge in [-0.05, 0) is 25.0 Å². The largest absolute Gasteiger partial charge is 0.349 e. The molecule has 0 unspecified atom stereocenters. The molecular weight excluding hydrogens is 242 g/mol. The molecule has 2 aromatic rings. The number of hydrogen-bond acceptors (Lipinski definition) is 4. The van der Waals surface area contributed by atoms with Crippen LogP contribution in [-0.2, 0) is 11.3 Å². The van der Waals surface area contributed by atoms with Gasteiger partial charge in [-0.3, -0.25) is 9.20 Å². The van der Waals surface area contributed by atoms with Crippen molar-refractivity contribution in [1.29, 1.82) is 0 Å². The molecule has 1 aliphatic carbocycles. The summed E-state index contributed by atoms with van der Waals surface area (Å²) in [6, 6.07) is 6.36. The summed E-state index contributed by atoms with van der Waals surface area (Å²) in [5.41, 5.74) is 0.794. The molecule has 2 N–H and O–H groups in total. The van der Waals surface area contributed by atoms with Gasteiger partial charge in [0.1, 0.15) is 0 Å². The third-order valence-electron chi connectivity index (χ3n) is 3.19. The summed E-state index contributed by atoms with van der Waals surface area (Å²) in [5, 5.41) is 14.3. The number of nitrogens with one attached hydrogen (secondary N) is 2. The van der Waals surface area contributed by atoms with Gasteiger partial charge in [0, 0.05) is 25.2 Å². The number of aromatic nitrogens is 3. The molecular formula is C13H17N5O. The number of carbonyl (C=O) groups excluding carboxylic acids is 1. The molecule has 0 aliphatic heterocycles. The fraction of sp³-hybridized carbons (Fsp3) is 0.462. The van der Waals surface area contributed by atoms with Crippen LogP contribution in [0.4, 0.5) is 0 Å². The van der Waals surface area contributed by atoms with E-state index in [2.05, 4.69) is 20.8 Å². The second-order valence-corrected chi connectivity index (χ2v) is 4.80. The van der Waals surface area contributed by atoms with Gasteiger partial charge in [0.05, 0.1) is 6.54 Å². The lowest BCUT2D eigenvalue weighted by molar-refractivity contribution is -0.121. The molecule has 0 aromatic carbocycles. The highest BCUT2D eigenvalue weighted by Crippen LogP contribution is 2.18. The maximum atomic E-state index is 11.7. The summed E-state index contributed by atoms with van der Waals surface area (Å²) < 4.78 is 1.88. The highest BCUT2D eigenvalue weighted by molar-refractivity contribution is 5.75. The Morgan fingerprint density at radius 1 is 1.37 bits per heavy atom. The summed E-state index contributed by atoms with van der Waals surface area (Å²) >= 11 is 0. The van der Waals surface area contributed by atoms with Gasteiger partial charge in [0.25, 0.3) is 0 Å². The monoisotopic (exact) mass is 259 g/mol. The lowest BCUT2D eigenvalue weighted by atomic mass is 10.4. The highest BCUT2D eigenvalue weighted by Gasteiger charge is 2.20. The van der Waals surface area contributed by atoms with Crippen LogP contribution in [0.1, 0.15) is 25.1 Å². The fourth-order valence-electron chi connectivity index (χ4n) is 1.95. The summed E-state index contributed by atoms with van der Waals surface area (Å²) in [7, 11) is 0. The third-order valence-corrected chi connectivity index (χ3v) is 3.19. The van der Waals surface area contributed by atoms with Gasteiger partial charge in [-0.15, -0.1) is 10.2 Å². The van der Waals surface area contributed by atoms with Crippen molar-refractivity contribution < 1.29 is 4.79 Å². The Morgan fingerprint density at radius 2 is 2.26 bits per heavy atom. The van der Waals surface area contributed by atoms with Crippen LogP contribution in [0.15, 0.2) is 24.4 Å². The van der Waals surface area contributed by atoms with Gasteiger partial charge in [-0.1, -0.05) is 6.07 Å². The number of hydrogen-bond donors (Lipinski definition) is 2. The Balaban J connectivity index is 1.49. The summed E-state index contributed by atoms with van der Waals surface area (Å²) in [5.74, 6) is 0.792. The minimum atomic E-state index is 0.0424. The Kier molecular flexibility index (Phi) is 3.41. The smallest absolute Gasteiger partial charge is 0.221 e. The van der Waals surface area contributed by atoms with Crippen molar-refractivity contribution in [3.8, 4) is 0 Å². The zero-order valence-electron chi connectivity index (χ0n) is 10.7. The maximum absolute atomic E-state index is 11.7. The van der Waals surface area contributed by atoms with Crippen LogP contribution in [0.3, 0.4) is 0 Å². The quantitative estimate of drug-likeness (QED) is 0.792. The number of amides is 1. The van der Waals surface area contributed by atoms with E-state index in [4.69, 9.17) is 0 Å². The Bertz CT molecular complexity index is 575. The van der Waals surface area contributed by atoms with Crippen molar-refractivity contribution in [3.63, 3.8) is 0 Å². The first kappa shape index (κ1) is 12.1. The molecule has 19 heavy (non-hydrogen) atoms. The first-order valence-corrected chi connectivity index (χ1v) is 6.61. The highest BCUT2D eigenvalue weighted by atomic mass is 16.1. The minimum absolute atomic E-state index is 0.0424. The number of carbonyl (C=O) groups is 1. The zero-order valence-corrected chi connectivity index (χ0v) is 10.7. The molecule has 6 nitrogen and oxygen atoms in total. The van der Waals surface area contributed by atoms with Crippen molar-refractivity contribution in [2.75, 3.05) is 6.54 Å². The lowest BCUT2D eigenvalue weighted by Gasteiger charge is -2.05. The van der Waals surface area contributed by atoms with E-state index in [-0.39, 0.29) is 5.91 Å². The molecule has 3 rings (SSSR count). The summed E-state index contributed by atoms with van der Waals surface area (Å²) in [6.07, 6.45) is 4.89. The van der Waals surface area contributed by atoms with Crippen molar-refractivity contribution in [2.45, 2.75) is 31.8 Å². The molecule has 2 heterocycles. The number of nitrogens with zero attached hydrogens (tertiary/aromatic N) is 3. The van der Waals surface area contributed by atoms with Gasteiger partial charge in [0.15, 0.2) is 11.5 Å². The van der Waals surface area contributed by atoms with Crippen molar-refractivity contribution in [2.24, 2.45) is 0 Å². The molecule has 0 spiro atoms. The van der Waals surface area contributed by atoms with Gasteiger partial charge < -0.3 is 10.6 Å². The number of fused-ring (bicyclic) bond motifs is 1. The van der Waals surface area contributed by atoms with E-state index in [0.717, 1.165) is 18.0 Å². The standard InChI is InChI=1S/C13H17N5O/c19-13(6-7-14-10-4-5-10)15-9-12-17-16-11-3-1-2-8-18(11)12/h1-3,8,10,14H,4-7,9H2,(H,15,19). The van der Waals surface area contributed by atoms with Gasteiger partial charge in [-0.25, -0.2) is 0 Å². The van der Waals surface area contributed by atoms with Gasteiger partial charge in [0.2, 0.25) is 5.91 Å². The topological polar surface area (TPSA) is 71.3 Å². The zero-order chi connectivity index (χ0) is 13.1. The van der Waals surface area contributed by atoms with E-state index in [1.807, 2.05) is 28.8 Å². The van der Waals surface area contributed by atoms with Crippen LogP contribution >= 0.6 is 0 Å².